The number of methoxy groups -OCH3 is 2. The maximum absolute atomic E-state index is 12.1. The average Bonchev–Trinajstić information content (AvgIpc) is 2.71. The fourth-order valence-electron chi connectivity index (χ4n) is 2.23. The van der Waals surface area contributed by atoms with E-state index in [4.69, 9.17) is 26.4 Å². The Balaban J connectivity index is 1.89. The lowest BCUT2D eigenvalue weighted by Crippen LogP contribution is -2.32. The van der Waals surface area contributed by atoms with E-state index >= 15 is 0 Å². The van der Waals surface area contributed by atoms with Gasteiger partial charge in [-0.15, -0.1) is 0 Å². The molecule has 146 valence electrons. The van der Waals surface area contributed by atoms with E-state index in [0.717, 1.165) is 17.0 Å². The Bertz CT molecular complexity index is 863. The van der Waals surface area contributed by atoms with E-state index in [9.17, 15) is 4.79 Å². The summed E-state index contributed by atoms with van der Waals surface area (Å²) in [4.78, 5) is 12.1. The summed E-state index contributed by atoms with van der Waals surface area (Å²) in [5.74, 6) is 1.58. The number of carbonyl (C=O) groups is 1. The Morgan fingerprint density at radius 2 is 1.82 bits per heavy atom. The minimum atomic E-state index is -0.349. The van der Waals surface area contributed by atoms with Crippen LogP contribution in [0.15, 0.2) is 61.2 Å². The molecule has 6 nitrogen and oxygen atoms in total. The van der Waals surface area contributed by atoms with Gasteiger partial charge in [-0.25, -0.2) is 0 Å². The van der Waals surface area contributed by atoms with Crippen LogP contribution < -0.4 is 24.8 Å². The molecule has 2 aromatic rings. The van der Waals surface area contributed by atoms with Gasteiger partial charge in [0.1, 0.15) is 12.4 Å². The van der Waals surface area contributed by atoms with Gasteiger partial charge in [-0.1, -0.05) is 18.7 Å². The Labute approximate surface area is 169 Å². The molecule has 0 aliphatic rings. The van der Waals surface area contributed by atoms with Crippen LogP contribution in [0, 0.1) is 0 Å². The van der Waals surface area contributed by atoms with Gasteiger partial charge in [-0.3, -0.25) is 10.1 Å². The van der Waals surface area contributed by atoms with Crippen LogP contribution in [-0.4, -0.2) is 31.8 Å². The second-order valence-corrected chi connectivity index (χ2v) is 5.92. The minimum absolute atomic E-state index is 0.196. The number of ether oxygens (including phenoxy) is 3. The van der Waals surface area contributed by atoms with Crippen LogP contribution in [0.2, 0.25) is 0 Å². The lowest BCUT2D eigenvalue weighted by molar-refractivity contribution is -0.115. The molecule has 0 heterocycles. The lowest BCUT2D eigenvalue weighted by atomic mass is 10.2. The van der Waals surface area contributed by atoms with Crippen molar-refractivity contribution < 1.29 is 19.0 Å². The van der Waals surface area contributed by atoms with Crippen LogP contribution in [0.3, 0.4) is 0 Å². The van der Waals surface area contributed by atoms with Crippen LogP contribution in [0.5, 0.6) is 17.2 Å². The monoisotopic (exact) mass is 398 g/mol. The first kappa shape index (κ1) is 21.0. The molecule has 0 saturated carbocycles. The number of amides is 1. The molecule has 0 bridgehead atoms. The Kier molecular flexibility index (Phi) is 8.05. The van der Waals surface area contributed by atoms with Crippen molar-refractivity contribution in [3.63, 3.8) is 0 Å². The van der Waals surface area contributed by atoms with Gasteiger partial charge in [0.15, 0.2) is 16.6 Å². The predicted molar refractivity (Wildman–Crippen MR) is 115 cm³/mol. The zero-order valence-corrected chi connectivity index (χ0v) is 16.5. The van der Waals surface area contributed by atoms with E-state index in [-0.39, 0.29) is 11.0 Å². The summed E-state index contributed by atoms with van der Waals surface area (Å²) in [6.07, 6.45) is 4.72. The molecule has 1 amide bonds. The molecule has 2 aromatic carbocycles. The van der Waals surface area contributed by atoms with Crippen molar-refractivity contribution in [2.45, 2.75) is 0 Å². The third kappa shape index (κ3) is 6.44. The maximum atomic E-state index is 12.1. The smallest absolute Gasteiger partial charge is 0.250 e. The SMILES string of the molecule is C=CCOc1ccc(NC(=S)NC(=O)/C=C/c2ccc(OC)c(OC)c2)cc1. The van der Waals surface area contributed by atoms with Gasteiger partial charge in [0.05, 0.1) is 14.2 Å². The molecule has 2 N–H and O–H groups in total. The summed E-state index contributed by atoms with van der Waals surface area (Å²) in [5.41, 5.74) is 1.53. The average molecular weight is 398 g/mol. The molecule has 28 heavy (non-hydrogen) atoms. The quantitative estimate of drug-likeness (QED) is 0.401. The van der Waals surface area contributed by atoms with Crippen molar-refractivity contribution >= 4 is 35.0 Å². The molecule has 0 saturated heterocycles. The summed E-state index contributed by atoms with van der Waals surface area (Å²) in [5, 5.41) is 5.73. The molecule has 0 aromatic heterocycles. The normalized spacial score (nSPS) is 10.2. The fourth-order valence-corrected chi connectivity index (χ4v) is 2.45. The number of anilines is 1. The van der Waals surface area contributed by atoms with Gasteiger partial charge in [0.25, 0.3) is 0 Å². The predicted octanol–water partition coefficient (Wildman–Crippen LogP) is 3.80. The summed E-state index contributed by atoms with van der Waals surface area (Å²) in [6, 6.07) is 12.6. The van der Waals surface area contributed by atoms with Gasteiger partial charge < -0.3 is 19.5 Å². The number of benzene rings is 2. The topological polar surface area (TPSA) is 68.8 Å². The van der Waals surface area contributed by atoms with E-state index in [1.54, 1.807) is 62.8 Å². The van der Waals surface area contributed by atoms with E-state index in [1.807, 2.05) is 6.07 Å². The zero-order valence-electron chi connectivity index (χ0n) is 15.7. The van der Waals surface area contributed by atoms with Gasteiger partial charge in [-0.05, 0) is 60.3 Å². The molecule has 0 aliphatic carbocycles. The number of thiocarbonyl (C=S) groups is 1. The Morgan fingerprint density at radius 1 is 1.11 bits per heavy atom. The largest absolute Gasteiger partial charge is 0.493 e. The highest BCUT2D eigenvalue weighted by Gasteiger charge is 2.05. The molecule has 0 aliphatic heterocycles. The summed E-state index contributed by atoms with van der Waals surface area (Å²) in [6.45, 7) is 4.04. The highest BCUT2D eigenvalue weighted by molar-refractivity contribution is 7.80. The zero-order chi connectivity index (χ0) is 20.4. The number of carbonyl (C=O) groups excluding carboxylic acids is 1. The summed E-state index contributed by atoms with van der Waals surface area (Å²) < 4.78 is 15.8. The first-order chi connectivity index (χ1) is 13.5. The molecule has 0 atom stereocenters. The molecule has 7 heteroatoms. The second-order valence-electron chi connectivity index (χ2n) is 5.52. The Morgan fingerprint density at radius 3 is 2.46 bits per heavy atom. The van der Waals surface area contributed by atoms with Crippen molar-refractivity contribution in [3.05, 3.63) is 66.8 Å². The van der Waals surface area contributed by atoms with Crippen molar-refractivity contribution in [2.75, 3.05) is 26.1 Å². The number of rotatable bonds is 8. The highest BCUT2D eigenvalue weighted by Crippen LogP contribution is 2.27. The van der Waals surface area contributed by atoms with Gasteiger partial charge in [-0.2, -0.15) is 0 Å². The molecule has 0 radical (unpaired) electrons. The van der Waals surface area contributed by atoms with Gasteiger partial charge in [0.2, 0.25) is 5.91 Å². The summed E-state index contributed by atoms with van der Waals surface area (Å²) >= 11 is 5.16. The lowest BCUT2D eigenvalue weighted by Gasteiger charge is -2.09. The van der Waals surface area contributed by atoms with E-state index in [2.05, 4.69) is 17.2 Å². The molecule has 0 unspecified atom stereocenters. The molecular weight excluding hydrogens is 376 g/mol. The van der Waals surface area contributed by atoms with Crippen molar-refractivity contribution in [1.82, 2.24) is 5.32 Å². The fraction of sp³-hybridized carbons (Fsp3) is 0.143. The first-order valence-electron chi connectivity index (χ1n) is 8.41. The maximum Gasteiger partial charge on any atom is 0.250 e. The number of nitrogens with one attached hydrogen (secondary N) is 2. The number of hydrogen-bond donors (Lipinski definition) is 2. The van der Waals surface area contributed by atoms with E-state index in [1.165, 1.54) is 6.08 Å². The number of hydrogen-bond acceptors (Lipinski definition) is 5. The molecule has 0 fully saturated rings. The van der Waals surface area contributed by atoms with Crippen molar-refractivity contribution in [1.29, 1.82) is 0 Å². The molecule has 2 rings (SSSR count). The van der Waals surface area contributed by atoms with E-state index in [0.29, 0.717) is 18.1 Å². The van der Waals surface area contributed by atoms with Crippen LogP contribution in [0.25, 0.3) is 6.08 Å². The van der Waals surface area contributed by atoms with Crippen molar-refractivity contribution in [2.24, 2.45) is 0 Å². The highest BCUT2D eigenvalue weighted by atomic mass is 32.1. The van der Waals surface area contributed by atoms with Gasteiger partial charge >= 0.3 is 0 Å². The standard InChI is InChI=1S/C21H22N2O4S/c1-4-13-27-17-9-7-16(8-10-17)22-21(28)23-20(24)12-6-15-5-11-18(25-2)19(14-15)26-3/h4-12,14H,1,13H2,2-3H3,(H2,22,23,24,28)/b12-6+. The van der Waals surface area contributed by atoms with Crippen LogP contribution in [0.4, 0.5) is 5.69 Å². The third-order valence-corrected chi connectivity index (χ3v) is 3.76. The van der Waals surface area contributed by atoms with Crippen LogP contribution in [-0.2, 0) is 4.79 Å². The second kappa shape index (κ2) is 10.7. The van der Waals surface area contributed by atoms with Gasteiger partial charge in [0, 0.05) is 11.8 Å². The van der Waals surface area contributed by atoms with Crippen LogP contribution >= 0.6 is 12.2 Å². The van der Waals surface area contributed by atoms with Crippen LogP contribution in [0.1, 0.15) is 5.56 Å². The first-order valence-corrected chi connectivity index (χ1v) is 8.82. The third-order valence-electron chi connectivity index (χ3n) is 3.55. The van der Waals surface area contributed by atoms with E-state index < -0.39 is 0 Å². The minimum Gasteiger partial charge on any atom is -0.493 e. The molecular formula is C21H22N2O4S. The molecule has 0 spiro atoms. The Hall–Kier alpha value is -3.32. The summed E-state index contributed by atoms with van der Waals surface area (Å²) in [7, 11) is 3.12. The van der Waals surface area contributed by atoms with Crippen molar-refractivity contribution in [3.8, 4) is 17.2 Å².